The van der Waals surface area contributed by atoms with Gasteiger partial charge in [0.15, 0.2) is 6.10 Å². The van der Waals surface area contributed by atoms with E-state index in [4.69, 9.17) is 23.3 Å². The van der Waals surface area contributed by atoms with E-state index in [1.807, 2.05) is 21.1 Å². The van der Waals surface area contributed by atoms with Crippen LogP contribution in [0.1, 0.15) is 168 Å². The summed E-state index contributed by atoms with van der Waals surface area (Å²) in [7, 11) is 1.42. The summed E-state index contributed by atoms with van der Waals surface area (Å²) in [5.74, 6) is -0.885. The van der Waals surface area contributed by atoms with E-state index in [2.05, 4.69) is 62.5 Å². The van der Waals surface area contributed by atoms with Gasteiger partial charge in [0, 0.05) is 12.8 Å². The summed E-state index contributed by atoms with van der Waals surface area (Å²) in [4.78, 5) is 35.4. The highest BCUT2D eigenvalue weighted by atomic mass is 31.2. The third-order valence-corrected chi connectivity index (χ3v) is 10.7. The van der Waals surface area contributed by atoms with Crippen molar-refractivity contribution in [3.63, 3.8) is 0 Å². The van der Waals surface area contributed by atoms with Crippen LogP contribution in [-0.2, 0) is 37.4 Å². The standard InChI is InChI=1S/C46H82NO9P/c1-6-8-10-12-14-15-16-17-18-19-20-21-22-23-24-28-33-37-46(49)55-42(41-54-57(50,51)53-39-38-47(3,4)5)40-52-45(48)36-32-29-25-27-31-35-44-43(56-44)34-30-26-13-11-9-7-2/h17-18,20-21,23-24,26,30,42-44H,6-16,19,22,25,27-29,31-41H2,1-5H3/p+1/b18-17-,21-20-,24-23-,30-26-/t42-,43?,44?/m1/s1. The maximum absolute atomic E-state index is 12.7. The molecule has 3 unspecified atom stereocenters. The number of unbranched alkanes of at least 4 members (excludes halogenated alkanes) is 14. The van der Waals surface area contributed by atoms with Crippen LogP contribution in [0.5, 0.6) is 0 Å². The van der Waals surface area contributed by atoms with Gasteiger partial charge in [-0.05, 0) is 70.6 Å². The number of likely N-dealkylation sites (N-methyl/N-ethyl adjacent to an activating group) is 1. The Labute approximate surface area is 348 Å². The minimum atomic E-state index is -4.40. The minimum Gasteiger partial charge on any atom is -0.462 e. The lowest BCUT2D eigenvalue weighted by Crippen LogP contribution is -2.37. The summed E-state index contributed by atoms with van der Waals surface area (Å²) in [6.45, 7) is 4.29. The number of phosphoric ester groups is 1. The van der Waals surface area contributed by atoms with Gasteiger partial charge in [-0.25, -0.2) is 4.57 Å². The molecule has 1 heterocycles. The number of quaternary nitrogens is 1. The van der Waals surface area contributed by atoms with Crippen LogP contribution >= 0.6 is 7.82 Å². The number of nitrogens with zero attached hydrogens (tertiary/aromatic N) is 1. The summed E-state index contributed by atoms with van der Waals surface area (Å²) in [6, 6.07) is 0. The third kappa shape index (κ3) is 35.6. The van der Waals surface area contributed by atoms with E-state index in [1.54, 1.807) is 0 Å². The Balaban J connectivity index is 2.33. The highest BCUT2D eigenvalue weighted by molar-refractivity contribution is 7.47. The molecule has 0 aromatic rings. The number of rotatable bonds is 39. The molecule has 0 bridgehead atoms. The second-order valence-corrected chi connectivity index (χ2v) is 17.9. The van der Waals surface area contributed by atoms with E-state index in [1.165, 1.54) is 57.8 Å². The minimum absolute atomic E-state index is 0.0160. The van der Waals surface area contributed by atoms with Gasteiger partial charge in [-0.15, -0.1) is 0 Å². The summed E-state index contributed by atoms with van der Waals surface area (Å²) in [5.41, 5.74) is 0. The smallest absolute Gasteiger partial charge is 0.462 e. The molecule has 0 aromatic carbocycles. The average molecular weight is 825 g/mol. The van der Waals surface area contributed by atoms with Crippen LogP contribution in [0.4, 0.5) is 0 Å². The average Bonchev–Trinajstić information content (AvgIpc) is 3.92. The van der Waals surface area contributed by atoms with Crippen LogP contribution in [0.25, 0.3) is 0 Å². The Morgan fingerprint density at radius 3 is 1.88 bits per heavy atom. The molecule has 10 nitrogen and oxygen atoms in total. The number of carbonyl (C=O) groups excluding carboxylic acids is 2. The van der Waals surface area contributed by atoms with Crippen LogP contribution in [0, 0.1) is 0 Å². The van der Waals surface area contributed by atoms with Crippen molar-refractivity contribution in [2.45, 2.75) is 186 Å². The number of phosphoric acid groups is 1. The first kappa shape index (κ1) is 52.9. The Kier molecular flexibility index (Phi) is 32.3. The van der Waals surface area contributed by atoms with Crippen LogP contribution < -0.4 is 0 Å². The molecule has 0 amide bonds. The van der Waals surface area contributed by atoms with E-state index >= 15 is 0 Å². The molecule has 11 heteroatoms. The monoisotopic (exact) mass is 825 g/mol. The number of carbonyl (C=O) groups is 2. The molecule has 1 N–H and O–H groups in total. The number of ether oxygens (including phenoxy) is 3. The zero-order chi connectivity index (χ0) is 41.9. The SMILES string of the molecule is CCCCC/C=C\CC1OC1CCCCCCCC(=O)OC[C@H](COP(=O)(O)OCC[N+](C)(C)C)OC(=O)CCC/C=C\C/C=C\C/C=C\CCCCCCCC. The van der Waals surface area contributed by atoms with Crippen LogP contribution in [-0.4, -0.2) is 87.1 Å². The number of hydrogen-bond donors (Lipinski definition) is 1. The predicted octanol–water partition coefficient (Wildman–Crippen LogP) is 11.7. The number of hydrogen-bond acceptors (Lipinski definition) is 8. The van der Waals surface area contributed by atoms with Gasteiger partial charge in [-0.1, -0.05) is 133 Å². The first-order valence-electron chi connectivity index (χ1n) is 22.5. The molecule has 1 saturated heterocycles. The molecule has 0 radical (unpaired) electrons. The van der Waals surface area contributed by atoms with E-state index < -0.39 is 32.5 Å². The second kappa shape index (κ2) is 34.8. The molecule has 1 aliphatic heterocycles. The number of allylic oxidation sites excluding steroid dienone is 7. The third-order valence-electron chi connectivity index (χ3n) is 9.76. The second-order valence-electron chi connectivity index (χ2n) is 16.5. The first-order chi connectivity index (χ1) is 27.5. The molecule has 0 spiro atoms. The van der Waals surface area contributed by atoms with Gasteiger partial charge in [0.2, 0.25) is 0 Å². The van der Waals surface area contributed by atoms with Crippen molar-refractivity contribution in [1.29, 1.82) is 0 Å². The molecule has 1 rings (SSSR count). The fourth-order valence-electron chi connectivity index (χ4n) is 6.09. The molecule has 330 valence electrons. The van der Waals surface area contributed by atoms with Crippen molar-refractivity contribution in [2.24, 2.45) is 0 Å². The molecule has 0 saturated carbocycles. The molecule has 57 heavy (non-hydrogen) atoms. The Bertz CT molecular complexity index is 1180. The summed E-state index contributed by atoms with van der Waals surface area (Å²) in [6.07, 6.45) is 41.9. The number of esters is 2. The Hall–Kier alpha value is -2.07. The molecule has 4 atom stereocenters. The zero-order valence-electron chi connectivity index (χ0n) is 36.8. The lowest BCUT2D eigenvalue weighted by atomic mass is 10.1. The van der Waals surface area contributed by atoms with Crippen LogP contribution in [0.2, 0.25) is 0 Å². The first-order valence-corrected chi connectivity index (χ1v) is 24.0. The van der Waals surface area contributed by atoms with Crippen molar-refractivity contribution in [2.75, 3.05) is 47.5 Å². The Morgan fingerprint density at radius 1 is 0.649 bits per heavy atom. The zero-order valence-corrected chi connectivity index (χ0v) is 37.7. The van der Waals surface area contributed by atoms with Crippen molar-refractivity contribution >= 4 is 19.8 Å². The quantitative estimate of drug-likeness (QED) is 0.0161. The maximum Gasteiger partial charge on any atom is 0.472 e. The van der Waals surface area contributed by atoms with Crippen LogP contribution in [0.3, 0.4) is 0 Å². The van der Waals surface area contributed by atoms with Crippen LogP contribution in [0.15, 0.2) is 48.6 Å². The van der Waals surface area contributed by atoms with Gasteiger partial charge in [0.25, 0.3) is 0 Å². The fraction of sp³-hybridized carbons (Fsp3) is 0.783. The predicted molar refractivity (Wildman–Crippen MR) is 233 cm³/mol. The lowest BCUT2D eigenvalue weighted by Gasteiger charge is -2.24. The van der Waals surface area contributed by atoms with Gasteiger partial charge in [-0.3, -0.25) is 18.6 Å². The topological polar surface area (TPSA) is 121 Å². The van der Waals surface area contributed by atoms with Gasteiger partial charge < -0.3 is 23.6 Å². The van der Waals surface area contributed by atoms with E-state index in [9.17, 15) is 19.0 Å². The van der Waals surface area contributed by atoms with Crippen molar-refractivity contribution in [3.05, 3.63) is 48.6 Å². The van der Waals surface area contributed by atoms with Gasteiger partial charge >= 0.3 is 19.8 Å². The van der Waals surface area contributed by atoms with Gasteiger partial charge in [0.1, 0.15) is 19.8 Å². The normalized spacial score (nSPS) is 17.6. The van der Waals surface area contributed by atoms with Crippen molar-refractivity contribution < 1.29 is 46.8 Å². The van der Waals surface area contributed by atoms with Crippen molar-refractivity contribution in [3.8, 4) is 0 Å². The molecule has 0 aromatic heterocycles. The van der Waals surface area contributed by atoms with E-state index in [0.29, 0.717) is 36.1 Å². The highest BCUT2D eigenvalue weighted by Crippen LogP contribution is 2.43. The van der Waals surface area contributed by atoms with Gasteiger partial charge in [-0.2, -0.15) is 0 Å². The molecule has 0 aliphatic carbocycles. The molecule has 1 aliphatic rings. The van der Waals surface area contributed by atoms with E-state index in [-0.39, 0.29) is 26.1 Å². The summed E-state index contributed by atoms with van der Waals surface area (Å²) >= 11 is 0. The lowest BCUT2D eigenvalue weighted by molar-refractivity contribution is -0.870. The molecule has 1 fully saturated rings. The van der Waals surface area contributed by atoms with E-state index in [0.717, 1.165) is 70.6 Å². The number of epoxide rings is 1. The van der Waals surface area contributed by atoms with Crippen molar-refractivity contribution in [1.82, 2.24) is 0 Å². The Morgan fingerprint density at radius 2 is 1.19 bits per heavy atom. The largest absolute Gasteiger partial charge is 0.472 e. The highest BCUT2D eigenvalue weighted by Gasteiger charge is 2.36. The van der Waals surface area contributed by atoms with Gasteiger partial charge in [0.05, 0.1) is 40.0 Å². The molecular formula is C46H83NO9P+. The maximum atomic E-state index is 12.7. The molecular weight excluding hydrogens is 741 g/mol. The summed E-state index contributed by atoms with van der Waals surface area (Å²) < 4.78 is 40.1. The summed E-state index contributed by atoms with van der Waals surface area (Å²) in [5, 5.41) is 0. The fourth-order valence-corrected chi connectivity index (χ4v) is 6.84.